The highest BCUT2D eigenvalue weighted by atomic mass is 16.5. The van der Waals surface area contributed by atoms with Crippen molar-refractivity contribution in [2.45, 2.75) is 51.7 Å². The van der Waals surface area contributed by atoms with Crippen molar-refractivity contribution in [3.8, 4) is 0 Å². The smallest absolute Gasteiger partial charge is 0.309 e. The highest BCUT2D eigenvalue weighted by Gasteiger charge is 2.79. The number of nitrogens with zero attached hydrogens (tertiary/aromatic N) is 1. The number of ether oxygens (including phenoxy) is 1. The van der Waals surface area contributed by atoms with E-state index >= 15 is 0 Å². The maximum Gasteiger partial charge on any atom is 0.309 e. The van der Waals surface area contributed by atoms with Gasteiger partial charge in [0, 0.05) is 29.8 Å². The largest absolute Gasteiger partial charge is 0.469 e. The minimum absolute atomic E-state index is 0.0667. The molecule has 2 saturated heterocycles. The van der Waals surface area contributed by atoms with E-state index in [1.807, 2.05) is 0 Å². The predicted molar refractivity (Wildman–Crippen MR) is 101 cm³/mol. The number of rotatable bonds is 1. The third kappa shape index (κ3) is 1.54. The first-order valence-corrected chi connectivity index (χ1v) is 10.9. The number of allylic oxidation sites excluding steroid dienone is 2. The van der Waals surface area contributed by atoms with Crippen molar-refractivity contribution in [1.29, 1.82) is 0 Å². The molecular formula is C23H31NO3. The van der Waals surface area contributed by atoms with Gasteiger partial charge in [-0.15, -0.1) is 0 Å². The van der Waals surface area contributed by atoms with Crippen molar-refractivity contribution in [3.63, 3.8) is 0 Å². The van der Waals surface area contributed by atoms with Crippen LogP contribution in [0, 0.1) is 40.4 Å². The zero-order chi connectivity index (χ0) is 18.8. The first-order chi connectivity index (χ1) is 12.9. The molecular weight excluding hydrogens is 338 g/mol. The van der Waals surface area contributed by atoms with Gasteiger partial charge in [0.25, 0.3) is 0 Å². The molecule has 0 aromatic carbocycles. The first-order valence-electron chi connectivity index (χ1n) is 10.9. The van der Waals surface area contributed by atoms with Crippen molar-refractivity contribution in [2.75, 3.05) is 20.2 Å². The molecule has 2 aliphatic heterocycles. The van der Waals surface area contributed by atoms with Crippen molar-refractivity contribution < 1.29 is 14.6 Å². The van der Waals surface area contributed by atoms with Gasteiger partial charge in [0.05, 0.1) is 13.0 Å². The highest BCUT2D eigenvalue weighted by Crippen LogP contribution is 2.78. The fraction of sp³-hybridized carbons (Fsp3) is 0.783. The maximum atomic E-state index is 12.8. The lowest BCUT2D eigenvalue weighted by Crippen LogP contribution is -2.73. The van der Waals surface area contributed by atoms with Gasteiger partial charge in [-0.25, -0.2) is 0 Å². The Kier molecular flexibility index (Phi) is 3.04. The topological polar surface area (TPSA) is 49.8 Å². The molecule has 2 heterocycles. The molecule has 8 atom stereocenters. The Balaban J connectivity index is 1.67. The van der Waals surface area contributed by atoms with Gasteiger partial charge < -0.3 is 9.84 Å². The summed E-state index contributed by atoms with van der Waals surface area (Å²) in [4.78, 5) is 15.2. The summed E-state index contributed by atoms with van der Waals surface area (Å²) < 4.78 is 5.26. The van der Waals surface area contributed by atoms with Gasteiger partial charge in [0.15, 0.2) is 0 Å². The van der Waals surface area contributed by atoms with E-state index in [4.69, 9.17) is 4.74 Å². The Bertz CT molecular complexity index is 801. The number of hydrogen-bond donors (Lipinski definition) is 1. The van der Waals surface area contributed by atoms with Gasteiger partial charge in [-0.1, -0.05) is 37.1 Å². The number of carbonyl (C=O) groups excluding carboxylic acids is 1. The molecule has 27 heavy (non-hydrogen) atoms. The SMILES string of the molecule is COC(=O)[C@@H]1C[C@@]23C4=C(CC[C@@H]5CN6C[C@@H](C)[C@@H](C=C[C@@]52C)[C@]63O)CC[C@@H]41. The van der Waals surface area contributed by atoms with Crippen LogP contribution in [0.15, 0.2) is 23.3 Å². The zero-order valence-corrected chi connectivity index (χ0v) is 16.7. The minimum Gasteiger partial charge on any atom is -0.469 e. The predicted octanol–water partition coefficient (Wildman–Crippen LogP) is 3.13. The summed E-state index contributed by atoms with van der Waals surface area (Å²) in [6.45, 7) is 6.65. The van der Waals surface area contributed by atoms with E-state index in [2.05, 4.69) is 30.9 Å². The molecule has 146 valence electrons. The summed E-state index contributed by atoms with van der Waals surface area (Å²) in [6.07, 6.45) is 10.1. The second-order valence-corrected chi connectivity index (χ2v) is 10.4. The van der Waals surface area contributed by atoms with Crippen LogP contribution < -0.4 is 0 Å². The van der Waals surface area contributed by atoms with Gasteiger partial charge in [-0.2, -0.15) is 0 Å². The summed E-state index contributed by atoms with van der Waals surface area (Å²) in [5.41, 5.74) is 1.82. The van der Waals surface area contributed by atoms with E-state index < -0.39 is 5.72 Å². The van der Waals surface area contributed by atoms with Crippen LogP contribution in [-0.2, 0) is 9.53 Å². The summed E-state index contributed by atoms with van der Waals surface area (Å²) in [5, 5.41) is 12.6. The molecule has 0 unspecified atom stereocenters. The Hall–Kier alpha value is -1.13. The van der Waals surface area contributed by atoms with Crippen LogP contribution >= 0.6 is 0 Å². The standard InChI is InChI=1S/C23H31NO3/c1-13-11-24-12-15-6-4-14-5-7-16-17(20(25)27-3)10-22(19(14)16)21(15,2)9-8-18(13)23(22,24)26/h8-9,13,15-18,26H,4-7,10-12H2,1-3H3/t13-,15-,16-,17-,18-,21+,22-,23-/m1/s1. The summed E-state index contributed by atoms with van der Waals surface area (Å²) >= 11 is 0. The Morgan fingerprint density at radius 2 is 2.07 bits per heavy atom. The average molecular weight is 370 g/mol. The molecule has 6 rings (SSSR count). The van der Waals surface area contributed by atoms with Crippen LogP contribution in [0.5, 0.6) is 0 Å². The average Bonchev–Trinajstić information content (AvgIpc) is 3.26. The molecule has 0 radical (unpaired) electrons. The number of piperidine rings is 1. The summed E-state index contributed by atoms with van der Waals surface area (Å²) in [6, 6.07) is 0. The molecule has 0 amide bonds. The first kappa shape index (κ1) is 16.8. The molecule has 6 aliphatic rings. The molecule has 1 N–H and O–H groups in total. The van der Waals surface area contributed by atoms with Crippen molar-refractivity contribution in [2.24, 2.45) is 40.4 Å². The van der Waals surface area contributed by atoms with E-state index in [1.54, 1.807) is 5.57 Å². The molecule has 4 aliphatic carbocycles. The minimum atomic E-state index is -0.845. The van der Waals surface area contributed by atoms with E-state index in [9.17, 15) is 9.90 Å². The number of hydrogen-bond acceptors (Lipinski definition) is 4. The zero-order valence-electron chi connectivity index (χ0n) is 16.7. The molecule has 4 bridgehead atoms. The number of carbonyl (C=O) groups is 1. The van der Waals surface area contributed by atoms with Gasteiger partial charge in [-0.3, -0.25) is 9.69 Å². The summed E-state index contributed by atoms with van der Waals surface area (Å²) in [5.74, 6) is 1.28. The summed E-state index contributed by atoms with van der Waals surface area (Å²) in [7, 11) is 1.52. The van der Waals surface area contributed by atoms with Crippen molar-refractivity contribution in [3.05, 3.63) is 23.3 Å². The fourth-order valence-corrected chi connectivity index (χ4v) is 8.81. The van der Waals surface area contributed by atoms with Crippen LogP contribution in [0.2, 0.25) is 0 Å². The van der Waals surface area contributed by atoms with Crippen LogP contribution in [0.4, 0.5) is 0 Å². The number of esters is 1. The molecule has 0 aromatic heterocycles. The third-order valence-electron chi connectivity index (χ3n) is 9.83. The maximum absolute atomic E-state index is 12.8. The highest BCUT2D eigenvalue weighted by molar-refractivity contribution is 5.75. The second kappa shape index (κ2) is 4.88. The Morgan fingerprint density at radius 3 is 2.85 bits per heavy atom. The Morgan fingerprint density at radius 1 is 1.30 bits per heavy atom. The number of methoxy groups -OCH3 is 1. The van der Waals surface area contributed by atoms with E-state index in [0.29, 0.717) is 11.8 Å². The van der Waals surface area contributed by atoms with Gasteiger partial charge in [0.1, 0.15) is 5.72 Å². The van der Waals surface area contributed by atoms with E-state index in [1.165, 1.54) is 19.1 Å². The lowest BCUT2D eigenvalue weighted by atomic mass is 9.45. The fourth-order valence-electron chi connectivity index (χ4n) is 8.81. The van der Waals surface area contributed by atoms with Crippen LogP contribution in [0.1, 0.15) is 46.0 Å². The quantitative estimate of drug-likeness (QED) is 0.570. The van der Waals surface area contributed by atoms with Crippen molar-refractivity contribution in [1.82, 2.24) is 4.90 Å². The van der Waals surface area contributed by atoms with Crippen LogP contribution in [0.25, 0.3) is 0 Å². The molecule has 0 aromatic rings. The molecule has 1 saturated carbocycles. The molecule has 4 heteroatoms. The van der Waals surface area contributed by atoms with E-state index in [-0.39, 0.29) is 34.6 Å². The lowest BCUT2D eigenvalue weighted by molar-refractivity contribution is -0.259. The van der Waals surface area contributed by atoms with Gasteiger partial charge in [-0.05, 0) is 49.9 Å². The van der Waals surface area contributed by atoms with Gasteiger partial charge in [0.2, 0.25) is 0 Å². The molecule has 4 nitrogen and oxygen atoms in total. The lowest BCUT2D eigenvalue weighted by Gasteiger charge is -2.67. The molecule has 3 fully saturated rings. The second-order valence-electron chi connectivity index (χ2n) is 10.4. The number of aliphatic hydroxyl groups is 1. The monoisotopic (exact) mass is 369 g/mol. The van der Waals surface area contributed by atoms with Crippen LogP contribution in [-0.4, -0.2) is 41.9 Å². The van der Waals surface area contributed by atoms with Gasteiger partial charge >= 0.3 is 5.97 Å². The normalized spacial score (nSPS) is 54.9. The van der Waals surface area contributed by atoms with Crippen LogP contribution in [0.3, 0.4) is 0 Å². The molecule has 1 spiro atoms. The van der Waals surface area contributed by atoms with E-state index in [0.717, 1.165) is 38.8 Å². The van der Waals surface area contributed by atoms with Crippen molar-refractivity contribution >= 4 is 5.97 Å². The third-order valence-corrected chi connectivity index (χ3v) is 9.83. The Labute approximate surface area is 161 Å².